The monoisotopic (exact) mass is 267 g/mol. The summed E-state index contributed by atoms with van der Waals surface area (Å²) in [4.78, 5) is 15.7. The fraction of sp³-hybridized carbons (Fsp3) is 0.167. The SMILES string of the molecule is Cc1nccn1CC(=O)Nc1ccc(F)c(Cl)c1. The number of carbonyl (C=O) groups is 1. The van der Waals surface area contributed by atoms with Crippen LogP contribution in [0.1, 0.15) is 5.82 Å². The summed E-state index contributed by atoms with van der Waals surface area (Å²) in [7, 11) is 0. The van der Waals surface area contributed by atoms with E-state index in [2.05, 4.69) is 10.3 Å². The van der Waals surface area contributed by atoms with E-state index in [9.17, 15) is 9.18 Å². The quantitative estimate of drug-likeness (QED) is 0.929. The van der Waals surface area contributed by atoms with Gasteiger partial charge in [0.15, 0.2) is 0 Å². The molecule has 0 spiro atoms. The number of aryl methyl sites for hydroxylation is 1. The molecular weight excluding hydrogens is 257 g/mol. The molecule has 1 amide bonds. The molecule has 6 heteroatoms. The molecule has 0 unspecified atom stereocenters. The van der Waals surface area contributed by atoms with E-state index in [0.717, 1.165) is 5.82 Å². The lowest BCUT2D eigenvalue weighted by molar-refractivity contribution is -0.116. The van der Waals surface area contributed by atoms with Crippen molar-refractivity contribution in [1.82, 2.24) is 9.55 Å². The minimum atomic E-state index is -0.514. The van der Waals surface area contributed by atoms with Crippen LogP contribution in [0.4, 0.5) is 10.1 Å². The van der Waals surface area contributed by atoms with E-state index >= 15 is 0 Å². The molecule has 18 heavy (non-hydrogen) atoms. The van der Waals surface area contributed by atoms with Gasteiger partial charge in [-0.25, -0.2) is 9.37 Å². The van der Waals surface area contributed by atoms with Gasteiger partial charge in [0.05, 0.1) is 5.02 Å². The van der Waals surface area contributed by atoms with Gasteiger partial charge in [0, 0.05) is 18.1 Å². The van der Waals surface area contributed by atoms with Crippen LogP contribution in [-0.4, -0.2) is 15.5 Å². The van der Waals surface area contributed by atoms with E-state index in [-0.39, 0.29) is 17.5 Å². The molecule has 0 aliphatic carbocycles. The lowest BCUT2D eigenvalue weighted by Gasteiger charge is -2.07. The maximum Gasteiger partial charge on any atom is 0.244 e. The van der Waals surface area contributed by atoms with Crippen LogP contribution in [0.5, 0.6) is 0 Å². The van der Waals surface area contributed by atoms with Crippen molar-refractivity contribution in [2.75, 3.05) is 5.32 Å². The molecule has 0 bridgehead atoms. The van der Waals surface area contributed by atoms with Crippen LogP contribution in [0.3, 0.4) is 0 Å². The Labute approximate surface area is 108 Å². The number of nitrogens with one attached hydrogen (secondary N) is 1. The summed E-state index contributed by atoms with van der Waals surface area (Å²) < 4.78 is 14.6. The highest BCUT2D eigenvalue weighted by atomic mass is 35.5. The van der Waals surface area contributed by atoms with E-state index < -0.39 is 5.82 Å². The molecular formula is C12H11ClFN3O. The van der Waals surface area contributed by atoms with Crippen LogP contribution in [0.25, 0.3) is 0 Å². The van der Waals surface area contributed by atoms with E-state index in [1.807, 2.05) is 6.92 Å². The molecule has 1 aromatic carbocycles. The first-order valence-corrected chi connectivity index (χ1v) is 5.66. The third-order valence-corrected chi connectivity index (χ3v) is 2.73. The molecule has 0 aliphatic heterocycles. The maximum absolute atomic E-state index is 12.9. The second-order valence-corrected chi connectivity index (χ2v) is 4.19. The molecule has 0 saturated heterocycles. The second-order valence-electron chi connectivity index (χ2n) is 3.78. The van der Waals surface area contributed by atoms with Gasteiger partial charge in [-0.15, -0.1) is 0 Å². The van der Waals surface area contributed by atoms with Crippen molar-refractivity contribution in [3.8, 4) is 0 Å². The average Bonchev–Trinajstić information content (AvgIpc) is 2.70. The zero-order chi connectivity index (χ0) is 13.1. The number of amides is 1. The molecule has 0 saturated carbocycles. The summed E-state index contributed by atoms with van der Waals surface area (Å²) in [6.07, 6.45) is 3.34. The molecule has 1 N–H and O–H groups in total. The largest absolute Gasteiger partial charge is 0.326 e. The third kappa shape index (κ3) is 2.87. The van der Waals surface area contributed by atoms with E-state index in [1.54, 1.807) is 17.0 Å². The van der Waals surface area contributed by atoms with Gasteiger partial charge in [0.25, 0.3) is 0 Å². The van der Waals surface area contributed by atoms with Gasteiger partial charge in [-0.1, -0.05) is 11.6 Å². The standard InChI is InChI=1S/C12H11ClFN3O/c1-8-15-4-5-17(8)7-12(18)16-9-2-3-11(14)10(13)6-9/h2-6H,7H2,1H3,(H,16,18). The number of aromatic nitrogens is 2. The highest BCUT2D eigenvalue weighted by Crippen LogP contribution is 2.19. The van der Waals surface area contributed by atoms with Gasteiger partial charge in [0.2, 0.25) is 5.91 Å². The number of imidazole rings is 1. The van der Waals surface area contributed by atoms with Crippen molar-refractivity contribution in [1.29, 1.82) is 0 Å². The number of nitrogens with zero attached hydrogens (tertiary/aromatic N) is 2. The molecule has 0 radical (unpaired) electrons. The summed E-state index contributed by atoms with van der Waals surface area (Å²) in [5.41, 5.74) is 0.462. The summed E-state index contributed by atoms with van der Waals surface area (Å²) in [6.45, 7) is 1.96. The topological polar surface area (TPSA) is 46.9 Å². The molecule has 1 heterocycles. The predicted molar refractivity (Wildman–Crippen MR) is 67.0 cm³/mol. The Bertz CT molecular complexity index is 582. The fourth-order valence-electron chi connectivity index (χ4n) is 1.50. The summed E-state index contributed by atoms with van der Waals surface area (Å²) in [5.74, 6) is 0.0150. The normalized spacial score (nSPS) is 10.4. The number of rotatable bonds is 3. The summed E-state index contributed by atoms with van der Waals surface area (Å²) >= 11 is 5.62. The Morgan fingerprint density at radius 1 is 1.56 bits per heavy atom. The predicted octanol–water partition coefficient (Wildman–Crippen LogP) is 2.62. The number of halogens is 2. The lowest BCUT2D eigenvalue weighted by Crippen LogP contribution is -2.19. The molecule has 0 aliphatic rings. The van der Waals surface area contributed by atoms with Crippen LogP contribution in [0, 0.1) is 12.7 Å². The third-order valence-electron chi connectivity index (χ3n) is 2.44. The summed E-state index contributed by atoms with van der Waals surface area (Å²) in [6, 6.07) is 4.04. The Morgan fingerprint density at radius 3 is 2.94 bits per heavy atom. The number of anilines is 1. The second kappa shape index (κ2) is 5.18. The number of hydrogen-bond donors (Lipinski definition) is 1. The van der Waals surface area contributed by atoms with Gasteiger partial charge in [-0.05, 0) is 25.1 Å². The van der Waals surface area contributed by atoms with Crippen LogP contribution < -0.4 is 5.32 Å². The van der Waals surface area contributed by atoms with Crippen LogP contribution >= 0.6 is 11.6 Å². The van der Waals surface area contributed by atoms with Gasteiger partial charge in [-0.3, -0.25) is 4.79 Å². The first-order valence-electron chi connectivity index (χ1n) is 5.29. The molecule has 1 aromatic heterocycles. The highest BCUT2D eigenvalue weighted by Gasteiger charge is 2.07. The highest BCUT2D eigenvalue weighted by molar-refractivity contribution is 6.31. The van der Waals surface area contributed by atoms with Crippen LogP contribution in [-0.2, 0) is 11.3 Å². The van der Waals surface area contributed by atoms with Crippen molar-refractivity contribution >= 4 is 23.2 Å². The van der Waals surface area contributed by atoms with Gasteiger partial charge < -0.3 is 9.88 Å². The number of hydrogen-bond acceptors (Lipinski definition) is 2. The fourth-order valence-corrected chi connectivity index (χ4v) is 1.68. The van der Waals surface area contributed by atoms with Crippen molar-refractivity contribution in [2.24, 2.45) is 0 Å². The lowest BCUT2D eigenvalue weighted by atomic mass is 10.3. The van der Waals surface area contributed by atoms with E-state index in [1.165, 1.54) is 18.2 Å². The van der Waals surface area contributed by atoms with Crippen molar-refractivity contribution in [3.05, 3.63) is 47.3 Å². The van der Waals surface area contributed by atoms with Crippen molar-refractivity contribution in [3.63, 3.8) is 0 Å². The van der Waals surface area contributed by atoms with E-state index in [0.29, 0.717) is 5.69 Å². The van der Waals surface area contributed by atoms with Crippen LogP contribution in [0.15, 0.2) is 30.6 Å². The minimum Gasteiger partial charge on any atom is -0.326 e. The van der Waals surface area contributed by atoms with Gasteiger partial charge >= 0.3 is 0 Å². The van der Waals surface area contributed by atoms with Crippen LogP contribution in [0.2, 0.25) is 5.02 Å². The zero-order valence-corrected chi connectivity index (χ0v) is 10.4. The van der Waals surface area contributed by atoms with Gasteiger partial charge in [0.1, 0.15) is 18.2 Å². The summed E-state index contributed by atoms with van der Waals surface area (Å²) in [5, 5.41) is 2.62. The molecule has 94 valence electrons. The smallest absolute Gasteiger partial charge is 0.244 e. The average molecular weight is 268 g/mol. The molecule has 0 atom stereocenters. The van der Waals surface area contributed by atoms with Crippen molar-refractivity contribution in [2.45, 2.75) is 13.5 Å². The molecule has 2 aromatic rings. The molecule has 0 fully saturated rings. The first-order chi connectivity index (χ1) is 8.56. The maximum atomic E-state index is 12.9. The first kappa shape index (κ1) is 12.6. The molecule has 2 rings (SSSR count). The van der Waals surface area contributed by atoms with Crippen molar-refractivity contribution < 1.29 is 9.18 Å². The van der Waals surface area contributed by atoms with E-state index in [4.69, 9.17) is 11.6 Å². The zero-order valence-electron chi connectivity index (χ0n) is 9.65. The number of benzene rings is 1. The Balaban J connectivity index is 2.03. The molecule has 4 nitrogen and oxygen atoms in total. The Kier molecular flexibility index (Phi) is 3.62. The Morgan fingerprint density at radius 2 is 2.33 bits per heavy atom. The Hall–Kier alpha value is -1.88. The number of carbonyl (C=O) groups excluding carboxylic acids is 1. The van der Waals surface area contributed by atoms with Gasteiger partial charge in [-0.2, -0.15) is 0 Å². The minimum absolute atomic E-state index is 0.0217.